The number of hydrogen-bond donors (Lipinski definition) is 0. The Hall–Kier alpha value is -3.04. The molecule has 0 saturated carbocycles. The Morgan fingerprint density at radius 3 is 2.79 bits per heavy atom. The largest absolute Gasteiger partial charge is 0.487 e. The van der Waals surface area contributed by atoms with Crippen LogP contribution in [0.25, 0.3) is 5.69 Å². The molecule has 0 spiro atoms. The molecule has 0 amide bonds. The van der Waals surface area contributed by atoms with Gasteiger partial charge in [0.15, 0.2) is 0 Å². The zero-order valence-corrected chi connectivity index (χ0v) is 12.8. The molecular weight excluding hydrogens is 322 g/mol. The van der Waals surface area contributed by atoms with Gasteiger partial charge in [-0.3, -0.25) is 0 Å². The van der Waals surface area contributed by atoms with Crippen LogP contribution in [0.1, 0.15) is 19.2 Å². The summed E-state index contributed by atoms with van der Waals surface area (Å²) in [6, 6.07) is 5.01. The molecule has 2 aromatic heterocycles. The number of ether oxygens (including phenoxy) is 1. The highest BCUT2D eigenvalue weighted by molar-refractivity contribution is 5.35. The van der Waals surface area contributed by atoms with Crippen LogP contribution in [0.4, 0.5) is 8.78 Å². The van der Waals surface area contributed by atoms with Crippen molar-refractivity contribution >= 4 is 0 Å². The second kappa shape index (κ2) is 6.22. The Morgan fingerprint density at radius 1 is 1.38 bits per heavy atom. The summed E-state index contributed by atoms with van der Waals surface area (Å²) in [4.78, 5) is 12.0. The number of halogens is 2. The number of hydrogen-bond acceptors (Lipinski definition) is 5. The lowest BCUT2D eigenvalue weighted by atomic mass is 10.2. The van der Waals surface area contributed by atoms with Gasteiger partial charge in [0.05, 0.1) is 7.57 Å². The number of rotatable bonds is 5. The molecule has 24 heavy (non-hydrogen) atoms. The predicted molar refractivity (Wildman–Crippen MR) is 79.1 cm³/mol. The molecule has 0 bridgehead atoms. The SMILES string of the molecule is [3H]c1ccc(OCc2c(-n3nnn(C)c3=O)cnn2C(F)F)c(C)c1. The van der Waals surface area contributed by atoms with E-state index >= 15 is 0 Å². The van der Waals surface area contributed by atoms with E-state index in [1.165, 1.54) is 13.1 Å². The predicted octanol–water partition coefficient (Wildman–Crippen LogP) is 1.45. The van der Waals surface area contributed by atoms with Crippen molar-refractivity contribution in [1.82, 2.24) is 29.6 Å². The third-order valence-electron chi connectivity index (χ3n) is 3.40. The molecule has 0 atom stereocenters. The van der Waals surface area contributed by atoms with Crippen molar-refractivity contribution in [3.8, 4) is 11.4 Å². The summed E-state index contributed by atoms with van der Waals surface area (Å²) in [7, 11) is 1.39. The monoisotopic (exact) mass is 338 g/mol. The van der Waals surface area contributed by atoms with Crippen molar-refractivity contribution in [3.63, 3.8) is 0 Å². The molecule has 0 aliphatic rings. The fraction of sp³-hybridized carbons (Fsp3) is 0.286. The minimum atomic E-state index is -2.91. The molecule has 0 fully saturated rings. The van der Waals surface area contributed by atoms with Crippen LogP contribution >= 0.6 is 0 Å². The first kappa shape index (κ1) is 14.5. The number of aromatic nitrogens is 6. The summed E-state index contributed by atoms with van der Waals surface area (Å²) in [6.45, 7) is -1.43. The number of nitrogens with zero attached hydrogens (tertiary/aromatic N) is 6. The van der Waals surface area contributed by atoms with Crippen molar-refractivity contribution in [3.05, 3.63) is 52.2 Å². The number of alkyl halides is 2. The lowest BCUT2D eigenvalue weighted by Crippen LogP contribution is -2.23. The topological polar surface area (TPSA) is 79.8 Å². The minimum Gasteiger partial charge on any atom is -0.487 e. The summed E-state index contributed by atoms with van der Waals surface area (Å²) in [5, 5.41) is 10.8. The highest BCUT2D eigenvalue weighted by atomic mass is 19.3. The minimum absolute atomic E-state index is 0.0213. The van der Waals surface area contributed by atoms with Crippen molar-refractivity contribution in [2.75, 3.05) is 0 Å². The maximum atomic E-state index is 13.2. The van der Waals surface area contributed by atoms with Gasteiger partial charge >= 0.3 is 12.2 Å². The molecule has 0 aliphatic carbocycles. The van der Waals surface area contributed by atoms with Gasteiger partial charge in [-0.1, -0.05) is 18.2 Å². The first-order valence-corrected chi connectivity index (χ1v) is 6.92. The van der Waals surface area contributed by atoms with Gasteiger partial charge in [-0.05, 0) is 29.0 Å². The van der Waals surface area contributed by atoms with Gasteiger partial charge in [0, 0.05) is 7.05 Å². The van der Waals surface area contributed by atoms with Gasteiger partial charge < -0.3 is 4.74 Å². The first-order chi connectivity index (χ1) is 11.9. The third-order valence-corrected chi connectivity index (χ3v) is 3.40. The first-order valence-electron chi connectivity index (χ1n) is 7.42. The highest BCUT2D eigenvalue weighted by Gasteiger charge is 2.21. The molecule has 126 valence electrons. The molecule has 0 aliphatic heterocycles. The quantitative estimate of drug-likeness (QED) is 0.703. The highest BCUT2D eigenvalue weighted by Crippen LogP contribution is 2.22. The second-order valence-electron chi connectivity index (χ2n) is 4.98. The molecule has 0 saturated heterocycles. The average molecular weight is 338 g/mol. The number of tetrazole rings is 1. The van der Waals surface area contributed by atoms with Crippen molar-refractivity contribution in [2.24, 2.45) is 7.05 Å². The fourth-order valence-electron chi connectivity index (χ4n) is 2.14. The summed E-state index contributed by atoms with van der Waals surface area (Å²) >= 11 is 0. The van der Waals surface area contributed by atoms with Gasteiger partial charge in [-0.25, -0.2) is 9.48 Å². The van der Waals surface area contributed by atoms with Crippen LogP contribution in [-0.4, -0.2) is 29.6 Å². The van der Waals surface area contributed by atoms with Crippen molar-refractivity contribution in [2.45, 2.75) is 20.1 Å². The Kier molecular flexibility index (Phi) is 3.77. The lowest BCUT2D eigenvalue weighted by Gasteiger charge is -2.11. The van der Waals surface area contributed by atoms with Gasteiger partial charge in [0.25, 0.3) is 0 Å². The summed E-state index contributed by atoms with van der Waals surface area (Å²) in [6.07, 6.45) is 1.11. The number of aryl methyl sites for hydroxylation is 2. The maximum absolute atomic E-state index is 13.2. The second-order valence-corrected chi connectivity index (χ2v) is 4.98. The van der Waals surface area contributed by atoms with E-state index in [2.05, 4.69) is 15.5 Å². The van der Waals surface area contributed by atoms with Gasteiger partial charge in [-0.2, -0.15) is 23.2 Å². The van der Waals surface area contributed by atoms with E-state index in [-0.39, 0.29) is 18.0 Å². The van der Waals surface area contributed by atoms with E-state index in [0.717, 1.165) is 15.6 Å². The standard InChI is InChI=1S/C14H14F2N6O2/c1-9-5-3-4-6-12(9)24-8-11-10(7-17-21(11)13(15)16)22-14(23)20(2)18-19-22/h3-7,13H,8H2,1-2H3/i3T. The van der Waals surface area contributed by atoms with Crippen molar-refractivity contribution < 1.29 is 14.9 Å². The van der Waals surface area contributed by atoms with Gasteiger partial charge in [-0.15, -0.1) is 0 Å². The molecule has 3 aromatic rings. The maximum Gasteiger partial charge on any atom is 0.368 e. The normalized spacial score (nSPS) is 11.8. The van der Waals surface area contributed by atoms with Crippen molar-refractivity contribution in [1.29, 1.82) is 0 Å². The van der Waals surface area contributed by atoms with Crippen LogP contribution in [0.15, 0.2) is 35.2 Å². The molecule has 2 heterocycles. The van der Waals surface area contributed by atoms with E-state index in [1.807, 2.05) is 0 Å². The Bertz CT molecular complexity index is 965. The molecule has 3 rings (SSSR count). The summed E-state index contributed by atoms with van der Waals surface area (Å²) in [5.74, 6) is 0.440. The van der Waals surface area contributed by atoms with E-state index in [0.29, 0.717) is 22.0 Å². The van der Waals surface area contributed by atoms with E-state index in [9.17, 15) is 13.6 Å². The molecule has 1 aromatic carbocycles. The van der Waals surface area contributed by atoms with Crippen LogP contribution in [0.2, 0.25) is 0 Å². The van der Waals surface area contributed by atoms with Gasteiger partial charge in [0.2, 0.25) is 0 Å². The zero-order valence-electron chi connectivity index (χ0n) is 13.8. The van der Waals surface area contributed by atoms with Crippen LogP contribution in [0, 0.1) is 6.92 Å². The Labute approximate surface area is 136 Å². The van der Waals surface area contributed by atoms with Crippen LogP contribution in [0.3, 0.4) is 0 Å². The van der Waals surface area contributed by atoms with E-state index in [4.69, 9.17) is 6.11 Å². The third kappa shape index (κ3) is 2.77. The smallest absolute Gasteiger partial charge is 0.368 e. The van der Waals surface area contributed by atoms with Gasteiger partial charge in [0.1, 0.15) is 23.7 Å². The fourth-order valence-corrected chi connectivity index (χ4v) is 2.14. The molecule has 8 nitrogen and oxygen atoms in total. The van der Waals surface area contributed by atoms with E-state index < -0.39 is 12.2 Å². The number of para-hydroxylation sites is 1. The van der Waals surface area contributed by atoms with Crippen LogP contribution in [-0.2, 0) is 13.7 Å². The molecule has 0 N–H and O–H groups in total. The lowest BCUT2D eigenvalue weighted by molar-refractivity contribution is 0.0499. The number of benzene rings is 1. The zero-order chi connectivity index (χ0) is 18.1. The van der Waals surface area contributed by atoms with E-state index in [1.54, 1.807) is 19.1 Å². The van der Waals surface area contributed by atoms with Crippen LogP contribution < -0.4 is 10.4 Å². The summed E-state index contributed by atoms with van der Waals surface area (Å²) in [5.41, 5.74) is 0.138. The Morgan fingerprint density at radius 2 is 2.17 bits per heavy atom. The molecule has 10 heteroatoms. The summed E-state index contributed by atoms with van der Waals surface area (Å²) < 4.78 is 41.9. The molecule has 0 radical (unpaired) electrons. The Balaban J connectivity index is 1.97. The average Bonchev–Trinajstić information content (AvgIpc) is 3.11. The molecule has 0 unspecified atom stereocenters. The molecular formula is C14H14F2N6O2. The van der Waals surface area contributed by atoms with Crippen LogP contribution in [0.5, 0.6) is 5.75 Å².